The molecule has 2 aromatic rings. The van der Waals surface area contributed by atoms with Gasteiger partial charge in [0.05, 0.1) is 0 Å². The van der Waals surface area contributed by atoms with E-state index in [0.717, 1.165) is 5.56 Å². The normalized spacial score (nSPS) is 17.1. The summed E-state index contributed by atoms with van der Waals surface area (Å²) < 4.78 is 0. The number of aromatic amines is 1. The Hall–Kier alpha value is -2.40. The van der Waals surface area contributed by atoms with Crippen molar-refractivity contribution in [2.24, 2.45) is 0 Å². The number of nitrogens with one attached hydrogen (secondary N) is 1. The van der Waals surface area contributed by atoms with E-state index in [2.05, 4.69) is 4.98 Å². The van der Waals surface area contributed by atoms with Crippen molar-refractivity contribution in [1.82, 2.24) is 4.98 Å². The fourth-order valence-electron chi connectivity index (χ4n) is 2.79. The molecule has 5 nitrogen and oxygen atoms in total. The van der Waals surface area contributed by atoms with Gasteiger partial charge in [-0.15, -0.1) is 0 Å². The summed E-state index contributed by atoms with van der Waals surface area (Å²) in [5, 5.41) is 9.56. The van der Waals surface area contributed by atoms with Crippen molar-refractivity contribution in [3.63, 3.8) is 0 Å². The molecule has 22 heavy (non-hydrogen) atoms. The zero-order chi connectivity index (χ0) is 15.9. The minimum atomic E-state index is -1.34. The fraction of sp³-hybridized carbons (Fsp3) is 0.188. The smallest absolute Gasteiger partial charge is 0.341 e. The Morgan fingerprint density at radius 3 is 2.68 bits per heavy atom. The maximum absolute atomic E-state index is 12.3. The van der Waals surface area contributed by atoms with Crippen LogP contribution in [0.4, 0.5) is 0 Å². The van der Waals surface area contributed by atoms with Gasteiger partial charge in [-0.05, 0) is 36.1 Å². The summed E-state index contributed by atoms with van der Waals surface area (Å²) in [6.45, 7) is 0. The highest BCUT2D eigenvalue weighted by Gasteiger charge is 2.28. The number of carbonyl (C=O) groups is 2. The van der Waals surface area contributed by atoms with Crippen LogP contribution in [0.15, 0.2) is 35.1 Å². The van der Waals surface area contributed by atoms with E-state index in [1.54, 1.807) is 12.1 Å². The molecule has 1 aliphatic rings. The molecule has 1 unspecified atom stereocenters. The standard InChI is InChI=1S/C16H12ClNO4/c17-10-3-1-2-8(4-10)9-5-13-11(14(19)6-9)7-12(16(21)22)15(20)18-13/h1-4,7,9H,5-6H2,(H,18,20)(H,21,22). The third-order valence-electron chi connectivity index (χ3n) is 3.86. The van der Waals surface area contributed by atoms with Gasteiger partial charge in [-0.25, -0.2) is 4.79 Å². The van der Waals surface area contributed by atoms with Gasteiger partial charge in [0.25, 0.3) is 5.56 Å². The molecule has 0 radical (unpaired) electrons. The Morgan fingerprint density at radius 1 is 1.23 bits per heavy atom. The molecule has 0 amide bonds. The van der Waals surface area contributed by atoms with Gasteiger partial charge in [0.2, 0.25) is 0 Å². The van der Waals surface area contributed by atoms with Gasteiger partial charge >= 0.3 is 5.97 Å². The summed E-state index contributed by atoms with van der Waals surface area (Å²) in [6.07, 6.45) is 0.731. The number of H-pyrrole nitrogens is 1. The number of hydrogen-bond donors (Lipinski definition) is 2. The maximum Gasteiger partial charge on any atom is 0.341 e. The predicted octanol–water partition coefficient (Wildman–Crippen LogP) is 2.64. The molecule has 3 rings (SSSR count). The van der Waals surface area contributed by atoms with Crippen molar-refractivity contribution in [3.05, 3.63) is 68.1 Å². The Bertz CT molecular complexity index is 840. The molecular weight excluding hydrogens is 306 g/mol. The Kier molecular flexibility index (Phi) is 3.58. The molecular formula is C16H12ClNO4. The average Bonchev–Trinajstić information content (AvgIpc) is 2.46. The minimum absolute atomic E-state index is 0.0787. The van der Waals surface area contributed by atoms with E-state index in [1.807, 2.05) is 12.1 Å². The van der Waals surface area contributed by atoms with Gasteiger partial charge in [-0.2, -0.15) is 0 Å². The van der Waals surface area contributed by atoms with Crippen molar-refractivity contribution in [1.29, 1.82) is 0 Å². The van der Waals surface area contributed by atoms with Gasteiger partial charge < -0.3 is 10.1 Å². The number of aromatic nitrogens is 1. The number of hydrogen-bond acceptors (Lipinski definition) is 3. The molecule has 1 aliphatic carbocycles. The molecule has 0 spiro atoms. The second-order valence-electron chi connectivity index (χ2n) is 5.29. The van der Waals surface area contributed by atoms with E-state index in [0.29, 0.717) is 17.1 Å². The number of rotatable bonds is 2. The van der Waals surface area contributed by atoms with Gasteiger partial charge in [0.15, 0.2) is 5.78 Å². The number of Topliss-reactive ketones (excluding diaryl/α,β-unsaturated/α-hetero) is 1. The molecule has 0 fully saturated rings. The summed E-state index contributed by atoms with van der Waals surface area (Å²) in [4.78, 5) is 37.6. The first-order valence-electron chi connectivity index (χ1n) is 6.74. The zero-order valence-corrected chi connectivity index (χ0v) is 12.2. The molecule has 2 N–H and O–H groups in total. The van der Waals surface area contributed by atoms with Crippen LogP contribution in [0.1, 0.15) is 44.3 Å². The van der Waals surface area contributed by atoms with E-state index < -0.39 is 17.1 Å². The predicted molar refractivity (Wildman–Crippen MR) is 80.9 cm³/mol. The highest BCUT2D eigenvalue weighted by molar-refractivity contribution is 6.30. The minimum Gasteiger partial charge on any atom is -0.477 e. The Labute approximate surface area is 130 Å². The first-order valence-corrected chi connectivity index (χ1v) is 7.11. The number of pyridine rings is 1. The topological polar surface area (TPSA) is 87.2 Å². The third kappa shape index (κ3) is 2.55. The van der Waals surface area contributed by atoms with Gasteiger partial charge in [-0.3, -0.25) is 9.59 Å². The van der Waals surface area contributed by atoms with E-state index in [9.17, 15) is 14.4 Å². The summed E-state index contributed by atoms with van der Waals surface area (Å²) in [5.74, 6) is -1.59. The number of ketones is 1. The second kappa shape index (κ2) is 5.42. The molecule has 0 saturated carbocycles. The molecule has 0 saturated heterocycles. The van der Waals surface area contributed by atoms with Crippen LogP contribution in [-0.2, 0) is 6.42 Å². The quantitative estimate of drug-likeness (QED) is 0.891. The van der Waals surface area contributed by atoms with Crippen LogP contribution < -0.4 is 5.56 Å². The zero-order valence-electron chi connectivity index (χ0n) is 11.4. The summed E-state index contributed by atoms with van der Waals surface area (Å²) in [7, 11) is 0. The second-order valence-corrected chi connectivity index (χ2v) is 5.73. The molecule has 0 bridgehead atoms. The van der Waals surface area contributed by atoms with Crippen LogP contribution in [0.5, 0.6) is 0 Å². The van der Waals surface area contributed by atoms with E-state index in [-0.39, 0.29) is 23.7 Å². The molecule has 1 aromatic carbocycles. The SMILES string of the molecule is O=C1CC(c2cccc(Cl)c2)Cc2[nH]c(=O)c(C(=O)O)cc21. The maximum atomic E-state index is 12.3. The number of carboxylic acid groups (broad SMARTS) is 1. The highest BCUT2D eigenvalue weighted by Crippen LogP contribution is 2.32. The van der Waals surface area contributed by atoms with Crippen molar-refractivity contribution in [2.75, 3.05) is 0 Å². The van der Waals surface area contributed by atoms with E-state index in [1.165, 1.54) is 6.07 Å². The molecule has 1 heterocycles. The highest BCUT2D eigenvalue weighted by atomic mass is 35.5. The first-order chi connectivity index (χ1) is 10.5. The van der Waals surface area contributed by atoms with Crippen molar-refractivity contribution < 1.29 is 14.7 Å². The molecule has 0 aliphatic heterocycles. The Morgan fingerprint density at radius 2 is 2.00 bits per heavy atom. The molecule has 1 aromatic heterocycles. The van der Waals surface area contributed by atoms with Crippen molar-refractivity contribution in [2.45, 2.75) is 18.8 Å². The molecule has 1 atom stereocenters. The van der Waals surface area contributed by atoms with Crippen LogP contribution in [-0.4, -0.2) is 21.8 Å². The van der Waals surface area contributed by atoms with Gasteiger partial charge in [-0.1, -0.05) is 23.7 Å². The number of carboxylic acids is 1. The monoisotopic (exact) mass is 317 g/mol. The lowest BCUT2D eigenvalue weighted by Crippen LogP contribution is -2.27. The van der Waals surface area contributed by atoms with Crippen LogP contribution >= 0.6 is 11.6 Å². The number of halogens is 1. The largest absolute Gasteiger partial charge is 0.477 e. The van der Waals surface area contributed by atoms with Gasteiger partial charge in [0.1, 0.15) is 5.56 Å². The number of carbonyl (C=O) groups excluding carboxylic acids is 1. The van der Waals surface area contributed by atoms with Crippen LogP contribution in [0.3, 0.4) is 0 Å². The van der Waals surface area contributed by atoms with E-state index >= 15 is 0 Å². The average molecular weight is 318 g/mol. The lowest BCUT2D eigenvalue weighted by atomic mass is 9.81. The summed E-state index contributed by atoms with van der Waals surface area (Å²) >= 11 is 5.97. The number of aromatic carboxylic acids is 1. The van der Waals surface area contributed by atoms with E-state index in [4.69, 9.17) is 16.7 Å². The van der Waals surface area contributed by atoms with Crippen LogP contribution in [0.2, 0.25) is 5.02 Å². The van der Waals surface area contributed by atoms with Crippen molar-refractivity contribution in [3.8, 4) is 0 Å². The first kappa shape index (κ1) is 14.5. The lowest BCUT2D eigenvalue weighted by Gasteiger charge is -2.24. The van der Waals surface area contributed by atoms with Crippen molar-refractivity contribution >= 4 is 23.4 Å². The lowest BCUT2D eigenvalue weighted by molar-refractivity contribution is 0.0695. The summed E-state index contributed by atoms with van der Waals surface area (Å²) in [6, 6.07) is 8.43. The number of benzene rings is 1. The summed E-state index contributed by atoms with van der Waals surface area (Å²) in [5.41, 5.74) is 0.597. The molecule has 6 heteroatoms. The number of fused-ring (bicyclic) bond motifs is 1. The Balaban J connectivity index is 2.03. The third-order valence-corrected chi connectivity index (χ3v) is 4.09. The van der Waals surface area contributed by atoms with Gasteiger partial charge in [0, 0.05) is 22.7 Å². The molecule has 112 valence electrons. The van der Waals surface area contributed by atoms with Crippen LogP contribution in [0, 0.1) is 0 Å². The fourth-order valence-corrected chi connectivity index (χ4v) is 2.98. The van der Waals surface area contributed by atoms with Crippen LogP contribution in [0.25, 0.3) is 0 Å².